The van der Waals surface area contributed by atoms with Gasteiger partial charge in [0.1, 0.15) is 5.82 Å². The second-order valence-electron chi connectivity index (χ2n) is 5.30. The maximum absolute atomic E-state index is 12.8. The van der Waals surface area contributed by atoms with Crippen molar-refractivity contribution in [1.29, 1.82) is 0 Å². The van der Waals surface area contributed by atoms with Gasteiger partial charge in [0.05, 0.1) is 10.5 Å². The van der Waals surface area contributed by atoms with Gasteiger partial charge in [-0.2, -0.15) is 12.7 Å². The van der Waals surface area contributed by atoms with E-state index in [9.17, 15) is 13.2 Å². The highest BCUT2D eigenvalue weighted by atomic mass is 35.5. The zero-order valence-electron chi connectivity index (χ0n) is 12.8. The number of rotatable bonds is 3. The Kier molecular flexibility index (Phi) is 4.12. The molecule has 124 valence electrons. The summed E-state index contributed by atoms with van der Waals surface area (Å²) < 4.78 is 27.1. The maximum Gasteiger partial charge on any atom is 0.302 e. The van der Waals surface area contributed by atoms with Crippen LogP contribution in [0.4, 0.5) is 5.82 Å². The lowest BCUT2D eigenvalue weighted by atomic mass is 10.2. The average molecular weight is 365 g/mol. The summed E-state index contributed by atoms with van der Waals surface area (Å²) in [6.07, 6.45) is 2.90. The van der Waals surface area contributed by atoms with Crippen LogP contribution in [0.25, 0.3) is 21.7 Å². The zero-order valence-corrected chi connectivity index (χ0v) is 14.4. The first-order valence-corrected chi connectivity index (χ1v) is 8.68. The Morgan fingerprint density at radius 1 is 1.08 bits per heavy atom. The van der Waals surface area contributed by atoms with E-state index in [1.165, 1.54) is 38.6 Å². The van der Waals surface area contributed by atoms with Crippen LogP contribution in [0.1, 0.15) is 0 Å². The Hall–Kier alpha value is -2.29. The summed E-state index contributed by atoms with van der Waals surface area (Å²) in [5.41, 5.74) is 0.198. The third-order valence-electron chi connectivity index (χ3n) is 3.44. The normalized spacial score (nSPS) is 12.0. The highest BCUT2D eigenvalue weighted by Crippen LogP contribution is 2.19. The molecular weight excluding hydrogens is 352 g/mol. The van der Waals surface area contributed by atoms with E-state index in [1.807, 2.05) is 0 Å². The first-order valence-electron chi connectivity index (χ1n) is 6.86. The van der Waals surface area contributed by atoms with E-state index in [0.29, 0.717) is 26.7 Å². The van der Waals surface area contributed by atoms with E-state index >= 15 is 0 Å². The molecule has 7 nitrogen and oxygen atoms in total. The van der Waals surface area contributed by atoms with Crippen LogP contribution in [0.5, 0.6) is 0 Å². The highest BCUT2D eigenvalue weighted by molar-refractivity contribution is 7.90. The molecule has 0 unspecified atom stereocenters. The fraction of sp³-hybridized carbons (Fsp3) is 0.133. The molecule has 0 atom stereocenters. The molecule has 1 aromatic carbocycles. The Morgan fingerprint density at radius 2 is 1.83 bits per heavy atom. The third kappa shape index (κ3) is 3.03. The number of pyridine rings is 2. The Morgan fingerprint density at radius 3 is 2.54 bits per heavy atom. The summed E-state index contributed by atoms with van der Waals surface area (Å²) in [5.74, 6) is 0.0580. The van der Waals surface area contributed by atoms with E-state index in [2.05, 4.69) is 14.7 Å². The summed E-state index contributed by atoms with van der Waals surface area (Å²) in [7, 11) is -0.929. The number of hydrogen-bond donors (Lipinski definition) is 1. The summed E-state index contributed by atoms with van der Waals surface area (Å²) in [6.45, 7) is 0. The van der Waals surface area contributed by atoms with Crippen LogP contribution in [0.3, 0.4) is 0 Å². The number of fused-ring (bicyclic) bond motifs is 2. The van der Waals surface area contributed by atoms with E-state index in [1.54, 1.807) is 12.1 Å². The lowest BCUT2D eigenvalue weighted by Crippen LogP contribution is -2.29. The van der Waals surface area contributed by atoms with Gasteiger partial charge in [-0.1, -0.05) is 17.7 Å². The monoisotopic (exact) mass is 364 g/mol. The molecule has 0 radical (unpaired) electrons. The van der Waals surface area contributed by atoms with Crippen LogP contribution >= 0.6 is 11.6 Å². The van der Waals surface area contributed by atoms with Gasteiger partial charge in [-0.05, 0) is 18.2 Å². The van der Waals surface area contributed by atoms with Crippen molar-refractivity contribution in [2.75, 3.05) is 18.8 Å². The van der Waals surface area contributed by atoms with Crippen molar-refractivity contribution >= 4 is 49.3 Å². The lowest BCUT2D eigenvalue weighted by Gasteiger charge is -2.12. The minimum atomic E-state index is -3.71. The molecule has 0 amide bonds. The molecular formula is C15H13ClN4O3S. The van der Waals surface area contributed by atoms with Crippen LogP contribution in [0.2, 0.25) is 5.02 Å². The number of nitrogens with zero attached hydrogens (tertiary/aromatic N) is 3. The molecule has 0 aliphatic rings. The van der Waals surface area contributed by atoms with Crippen molar-refractivity contribution < 1.29 is 8.42 Å². The van der Waals surface area contributed by atoms with Gasteiger partial charge in [0.15, 0.2) is 5.43 Å². The smallest absolute Gasteiger partial charge is 0.289 e. The molecule has 9 heteroatoms. The van der Waals surface area contributed by atoms with E-state index < -0.39 is 10.2 Å². The molecule has 0 bridgehead atoms. The molecule has 1 N–H and O–H groups in total. The van der Waals surface area contributed by atoms with Crippen LogP contribution in [-0.2, 0) is 10.2 Å². The predicted octanol–water partition coefficient (Wildman–Crippen LogP) is 2.01. The first-order chi connectivity index (χ1) is 11.3. The Bertz CT molecular complexity index is 1120. The third-order valence-corrected chi connectivity index (χ3v) is 5.08. The molecule has 0 saturated carbocycles. The van der Waals surface area contributed by atoms with E-state index in [-0.39, 0.29) is 11.2 Å². The average Bonchev–Trinajstić information content (AvgIpc) is 2.65. The number of hydrogen-bond acceptors (Lipinski definition) is 5. The Balaban J connectivity index is 2.28. The fourth-order valence-corrected chi connectivity index (χ4v) is 2.87. The van der Waals surface area contributed by atoms with Gasteiger partial charge >= 0.3 is 10.2 Å². The van der Waals surface area contributed by atoms with E-state index in [4.69, 9.17) is 11.6 Å². The second-order valence-corrected chi connectivity index (χ2v) is 7.62. The van der Waals surface area contributed by atoms with Crippen LogP contribution in [0.15, 0.2) is 41.5 Å². The second kappa shape index (κ2) is 5.97. The molecule has 2 aromatic heterocycles. The lowest BCUT2D eigenvalue weighted by molar-refractivity contribution is 0.526. The molecule has 0 spiro atoms. The molecule has 3 rings (SSSR count). The number of aromatic nitrogens is 2. The van der Waals surface area contributed by atoms with Crippen molar-refractivity contribution in [3.8, 4) is 0 Å². The number of anilines is 1. The quantitative estimate of drug-likeness (QED) is 0.767. The van der Waals surface area contributed by atoms with Crippen molar-refractivity contribution in [2.24, 2.45) is 0 Å². The minimum absolute atomic E-state index is 0.0580. The topological polar surface area (TPSA) is 92.3 Å². The largest absolute Gasteiger partial charge is 0.302 e. The first kappa shape index (κ1) is 16.6. The standard InChI is InChI=1S/C15H13ClN4O3S/c1-20(2)24(22,23)19-14-6-11-9(7-18-14)3-4-13-12(15(11)21)5-10(16)8-17-13/h3-8H,1-2H3,(H,18,19). The summed E-state index contributed by atoms with van der Waals surface area (Å²) in [6, 6.07) is 6.34. The van der Waals surface area contributed by atoms with Crippen molar-refractivity contribution in [3.05, 3.63) is 51.9 Å². The van der Waals surface area contributed by atoms with Gasteiger partial charge in [0, 0.05) is 42.6 Å². The Labute approximate surface area is 143 Å². The van der Waals surface area contributed by atoms with Gasteiger partial charge in [-0.25, -0.2) is 4.98 Å². The highest BCUT2D eigenvalue weighted by Gasteiger charge is 2.14. The minimum Gasteiger partial charge on any atom is -0.289 e. The zero-order chi connectivity index (χ0) is 17.5. The van der Waals surface area contributed by atoms with Crippen molar-refractivity contribution in [2.45, 2.75) is 0 Å². The summed E-state index contributed by atoms with van der Waals surface area (Å²) in [5, 5.41) is 1.59. The van der Waals surface area contributed by atoms with Gasteiger partial charge in [0.2, 0.25) is 0 Å². The van der Waals surface area contributed by atoms with E-state index in [0.717, 1.165) is 4.31 Å². The molecule has 0 fully saturated rings. The molecule has 2 heterocycles. The maximum atomic E-state index is 12.8. The van der Waals surface area contributed by atoms with Gasteiger partial charge in [-0.3, -0.25) is 14.5 Å². The number of nitrogens with one attached hydrogen (secondary N) is 1. The van der Waals surface area contributed by atoms with Gasteiger partial charge in [0.25, 0.3) is 0 Å². The predicted molar refractivity (Wildman–Crippen MR) is 94.6 cm³/mol. The molecule has 0 aliphatic carbocycles. The summed E-state index contributed by atoms with van der Waals surface area (Å²) in [4.78, 5) is 21.0. The summed E-state index contributed by atoms with van der Waals surface area (Å²) >= 11 is 5.93. The molecule has 0 saturated heterocycles. The fourth-order valence-electron chi connectivity index (χ4n) is 2.15. The molecule has 24 heavy (non-hydrogen) atoms. The molecule has 0 aliphatic heterocycles. The SMILES string of the molecule is CN(C)S(=O)(=O)Nc1cc2c(=O)c3cc(Cl)cnc3ccc2cn1. The van der Waals surface area contributed by atoms with Crippen LogP contribution in [0, 0.1) is 0 Å². The van der Waals surface area contributed by atoms with Gasteiger partial charge in [-0.15, -0.1) is 0 Å². The van der Waals surface area contributed by atoms with Crippen LogP contribution in [-0.4, -0.2) is 36.8 Å². The van der Waals surface area contributed by atoms with Crippen LogP contribution < -0.4 is 10.2 Å². The van der Waals surface area contributed by atoms with Crippen molar-refractivity contribution in [1.82, 2.24) is 14.3 Å². The van der Waals surface area contributed by atoms with Gasteiger partial charge < -0.3 is 0 Å². The molecule has 3 aromatic rings. The number of halogens is 1. The van der Waals surface area contributed by atoms with Crippen molar-refractivity contribution in [3.63, 3.8) is 0 Å².